The second kappa shape index (κ2) is 3.17. The zero-order valence-electron chi connectivity index (χ0n) is 5.12. The van der Waals surface area contributed by atoms with Crippen molar-refractivity contribution >= 4 is 0 Å². The van der Waals surface area contributed by atoms with Gasteiger partial charge in [-0.2, -0.15) is 10.2 Å². The molecular formula is C7H8N2. The fourth-order valence-corrected chi connectivity index (χ4v) is 0.615. The lowest BCUT2D eigenvalue weighted by atomic mass is 10.2. The van der Waals surface area contributed by atoms with E-state index in [-0.39, 0.29) is 0 Å². The van der Waals surface area contributed by atoms with Crippen molar-refractivity contribution in [3.05, 3.63) is 30.9 Å². The molecular weight excluding hydrogens is 112 g/mol. The first-order valence-electron chi connectivity index (χ1n) is 2.90. The molecule has 0 saturated carbocycles. The molecule has 0 bridgehead atoms. The van der Waals surface area contributed by atoms with E-state index in [1.807, 2.05) is 12.1 Å². The fraction of sp³-hybridized carbons (Fsp3) is 0.286. The predicted octanol–water partition coefficient (Wildman–Crippen LogP) is 1.12. The van der Waals surface area contributed by atoms with Crippen molar-refractivity contribution < 1.29 is 0 Å². The second-order valence-electron chi connectivity index (χ2n) is 1.75. The van der Waals surface area contributed by atoms with Gasteiger partial charge in [-0.15, -0.1) is 0 Å². The van der Waals surface area contributed by atoms with Gasteiger partial charge in [0.05, 0.1) is 5.69 Å². The smallest absolute Gasteiger partial charge is 0.0631 e. The van der Waals surface area contributed by atoms with Crippen molar-refractivity contribution in [1.29, 1.82) is 0 Å². The number of aromatic nitrogens is 2. The van der Waals surface area contributed by atoms with Crippen LogP contribution in [0.1, 0.15) is 12.1 Å². The van der Waals surface area contributed by atoms with Gasteiger partial charge in [-0.3, -0.25) is 0 Å². The van der Waals surface area contributed by atoms with Gasteiger partial charge in [-0.05, 0) is 31.9 Å². The highest BCUT2D eigenvalue weighted by Crippen LogP contribution is 1.93. The van der Waals surface area contributed by atoms with Gasteiger partial charge in [-0.25, -0.2) is 0 Å². The zero-order valence-corrected chi connectivity index (χ0v) is 5.12. The summed E-state index contributed by atoms with van der Waals surface area (Å²) >= 11 is 0. The lowest BCUT2D eigenvalue weighted by molar-refractivity contribution is 0.874. The van der Waals surface area contributed by atoms with Gasteiger partial charge in [0.1, 0.15) is 0 Å². The molecule has 2 radical (unpaired) electrons. The first-order valence-corrected chi connectivity index (χ1v) is 2.90. The van der Waals surface area contributed by atoms with Gasteiger partial charge in [-0.1, -0.05) is 0 Å². The summed E-state index contributed by atoms with van der Waals surface area (Å²) in [5, 5.41) is 7.54. The van der Waals surface area contributed by atoms with Gasteiger partial charge in [0.2, 0.25) is 0 Å². The Bertz CT molecular complexity index is 160. The number of nitrogens with zero attached hydrogens (tertiary/aromatic N) is 2. The highest BCUT2D eigenvalue weighted by Gasteiger charge is 1.87. The van der Waals surface area contributed by atoms with Gasteiger partial charge in [0.25, 0.3) is 0 Å². The van der Waals surface area contributed by atoms with Gasteiger partial charge in [0.15, 0.2) is 0 Å². The lowest BCUT2D eigenvalue weighted by Crippen LogP contribution is -1.89. The van der Waals surface area contributed by atoms with Crippen LogP contribution in [-0.4, -0.2) is 10.2 Å². The number of hydrogen-bond acceptors (Lipinski definition) is 2. The van der Waals surface area contributed by atoms with Crippen LogP contribution in [0.2, 0.25) is 0 Å². The molecule has 0 aliphatic rings. The molecule has 1 rings (SSSR count). The van der Waals surface area contributed by atoms with Crippen LogP contribution in [-0.2, 0) is 6.42 Å². The van der Waals surface area contributed by atoms with Gasteiger partial charge >= 0.3 is 0 Å². The summed E-state index contributed by atoms with van der Waals surface area (Å²) in [6, 6.07) is 3.78. The minimum absolute atomic E-state index is 0.638. The predicted molar refractivity (Wildman–Crippen MR) is 34.7 cm³/mol. The molecule has 46 valence electrons. The van der Waals surface area contributed by atoms with E-state index >= 15 is 0 Å². The van der Waals surface area contributed by atoms with Gasteiger partial charge in [0, 0.05) is 6.20 Å². The normalized spacial score (nSPS) is 9.44. The largest absolute Gasteiger partial charge is 0.159 e. The van der Waals surface area contributed by atoms with E-state index in [0.29, 0.717) is 6.42 Å². The Kier molecular flexibility index (Phi) is 2.19. The van der Waals surface area contributed by atoms with Crippen LogP contribution < -0.4 is 0 Å². The summed E-state index contributed by atoms with van der Waals surface area (Å²) in [4.78, 5) is 0. The van der Waals surface area contributed by atoms with Crippen LogP contribution in [0.5, 0.6) is 0 Å². The second-order valence-corrected chi connectivity index (χ2v) is 1.75. The maximum absolute atomic E-state index is 5.29. The summed E-state index contributed by atoms with van der Waals surface area (Å²) in [5.41, 5.74) is 0.958. The Morgan fingerprint density at radius 2 is 2.44 bits per heavy atom. The molecule has 0 aromatic carbocycles. The van der Waals surface area contributed by atoms with Crippen molar-refractivity contribution in [1.82, 2.24) is 10.2 Å². The molecule has 0 saturated heterocycles. The average Bonchev–Trinajstić information content (AvgIpc) is 1.91. The van der Waals surface area contributed by atoms with Crippen molar-refractivity contribution in [3.63, 3.8) is 0 Å². The van der Waals surface area contributed by atoms with Gasteiger partial charge < -0.3 is 0 Å². The first-order chi connectivity index (χ1) is 4.43. The highest BCUT2D eigenvalue weighted by molar-refractivity contribution is 4.98. The summed E-state index contributed by atoms with van der Waals surface area (Å²) in [6.45, 7) is 5.29. The van der Waals surface area contributed by atoms with Crippen LogP contribution in [0, 0.1) is 6.92 Å². The number of rotatable bonds is 2. The summed E-state index contributed by atoms with van der Waals surface area (Å²) in [7, 11) is 0. The first kappa shape index (κ1) is 6.20. The van der Waals surface area contributed by atoms with Crippen LogP contribution in [0.25, 0.3) is 0 Å². The molecule has 1 heterocycles. The maximum Gasteiger partial charge on any atom is 0.0631 e. The van der Waals surface area contributed by atoms with Crippen molar-refractivity contribution in [2.24, 2.45) is 0 Å². The van der Waals surface area contributed by atoms with E-state index in [1.165, 1.54) is 0 Å². The summed E-state index contributed by atoms with van der Waals surface area (Å²) in [6.07, 6.45) is 3.10. The molecule has 0 unspecified atom stereocenters. The maximum atomic E-state index is 5.29. The molecule has 0 fully saturated rings. The molecule has 0 aliphatic heterocycles. The topological polar surface area (TPSA) is 25.8 Å². The molecule has 9 heavy (non-hydrogen) atoms. The Morgan fingerprint density at radius 3 is 3.00 bits per heavy atom. The number of aryl methyl sites for hydroxylation is 1. The Hall–Kier alpha value is -0.920. The average molecular weight is 120 g/mol. The molecule has 2 nitrogen and oxygen atoms in total. The molecule has 1 aromatic heterocycles. The molecule has 0 spiro atoms. The minimum Gasteiger partial charge on any atom is -0.159 e. The molecule has 1 aromatic rings. The van der Waals surface area contributed by atoms with E-state index in [4.69, 9.17) is 6.92 Å². The third-order valence-electron chi connectivity index (χ3n) is 1.03. The van der Waals surface area contributed by atoms with Crippen LogP contribution >= 0.6 is 0 Å². The molecule has 2 heteroatoms. The van der Waals surface area contributed by atoms with E-state index in [1.54, 1.807) is 6.20 Å². The van der Waals surface area contributed by atoms with E-state index in [0.717, 1.165) is 12.1 Å². The van der Waals surface area contributed by atoms with Crippen LogP contribution in [0.4, 0.5) is 0 Å². The Morgan fingerprint density at radius 1 is 1.56 bits per heavy atom. The van der Waals surface area contributed by atoms with E-state index in [2.05, 4.69) is 10.2 Å². The van der Waals surface area contributed by atoms with Crippen LogP contribution in [0.15, 0.2) is 18.3 Å². The lowest BCUT2D eigenvalue weighted by Gasteiger charge is -1.91. The number of hydrogen-bond donors (Lipinski definition) is 0. The molecule has 0 atom stereocenters. The quantitative estimate of drug-likeness (QED) is 0.584. The van der Waals surface area contributed by atoms with Crippen LogP contribution in [0.3, 0.4) is 0 Å². The monoisotopic (exact) mass is 120 g/mol. The third kappa shape index (κ3) is 1.80. The zero-order chi connectivity index (χ0) is 6.53. The molecule has 0 aliphatic carbocycles. The Balaban J connectivity index is 2.61. The van der Waals surface area contributed by atoms with E-state index in [9.17, 15) is 0 Å². The van der Waals surface area contributed by atoms with Crippen molar-refractivity contribution in [2.75, 3.05) is 0 Å². The standard InChI is InChI=1S/C7H8N2/c1-2-4-7-5-3-6-8-9-7/h1,3,5-6H,2,4H2. The SMILES string of the molecule is [CH]CCc1cccnn1. The Labute approximate surface area is 54.9 Å². The fourth-order valence-electron chi connectivity index (χ4n) is 0.615. The highest BCUT2D eigenvalue weighted by atomic mass is 15.1. The van der Waals surface area contributed by atoms with Crippen molar-refractivity contribution in [2.45, 2.75) is 12.8 Å². The molecule has 0 N–H and O–H groups in total. The van der Waals surface area contributed by atoms with Crippen molar-refractivity contribution in [3.8, 4) is 0 Å². The molecule has 0 amide bonds. The van der Waals surface area contributed by atoms with E-state index < -0.39 is 0 Å². The summed E-state index contributed by atoms with van der Waals surface area (Å²) < 4.78 is 0. The third-order valence-corrected chi connectivity index (χ3v) is 1.03. The minimum atomic E-state index is 0.638. The summed E-state index contributed by atoms with van der Waals surface area (Å²) in [5.74, 6) is 0.